The number of carbonyl (C=O) groups excluding carboxylic acids is 1. The van der Waals surface area contributed by atoms with Crippen molar-refractivity contribution < 1.29 is 23.2 Å². The number of amides is 1. The van der Waals surface area contributed by atoms with Crippen molar-refractivity contribution in [2.45, 2.75) is 49.5 Å². The van der Waals surface area contributed by atoms with E-state index >= 15 is 0 Å². The van der Waals surface area contributed by atoms with Crippen LogP contribution in [0, 0.1) is 11.8 Å². The Morgan fingerprint density at radius 3 is 2.59 bits per heavy atom. The van der Waals surface area contributed by atoms with Crippen molar-refractivity contribution in [3.05, 3.63) is 24.3 Å². The first kappa shape index (κ1) is 21.6. The average Bonchev–Trinajstić information content (AvgIpc) is 2.60. The number of hydroxylamine groups is 1. The van der Waals surface area contributed by atoms with Gasteiger partial charge in [-0.1, -0.05) is 5.92 Å². The van der Waals surface area contributed by atoms with Crippen molar-refractivity contribution >= 4 is 27.7 Å². The Morgan fingerprint density at radius 2 is 2.04 bits per heavy atom. The van der Waals surface area contributed by atoms with Gasteiger partial charge in [-0.25, -0.2) is 13.9 Å². The molecule has 1 aliphatic heterocycles. The molecule has 1 aromatic rings. The summed E-state index contributed by atoms with van der Waals surface area (Å²) in [6, 6.07) is 4.98. The van der Waals surface area contributed by atoms with Crippen LogP contribution >= 0.6 is 11.8 Å². The van der Waals surface area contributed by atoms with Crippen LogP contribution in [0.1, 0.15) is 27.7 Å². The lowest BCUT2D eigenvalue weighted by Crippen LogP contribution is -2.61. The zero-order valence-electron chi connectivity index (χ0n) is 15.7. The Morgan fingerprint density at radius 1 is 1.41 bits per heavy atom. The molecule has 2 unspecified atom stereocenters. The number of nitrogens with zero attached hydrogens (tertiary/aromatic N) is 1. The summed E-state index contributed by atoms with van der Waals surface area (Å²) in [5.41, 5.74) is 1.60. The molecule has 1 aromatic carbocycles. The van der Waals surface area contributed by atoms with Gasteiger partial charge in [0.05, 0.1) is 4.90 Å². The summed E-state index contributed by atoms with van der Waals surface area (Å²) in [5, 5.41) is 9.08. The molecule has 9 heteroatoms. The summed E-state index contributed by atoms with van der Waals surface area (Å²) >= 11 is 1.49. The Hall–Kier alpha value is -1.73. The third-order valence-corrected chi connectivity index (χ3v) is 7.41. The monoisotopic (exact) mass is 412 g/mol. The Kier molecular flexibility index (Phi) is 6.81. The van der Waals surface area contributed by atoms with Gasteiger partial charge in [0.15, 0.2) is 6.10 Å². The molecular formula is C18H24N2O5S2. The Balaban J connectivity index is 2.32. The third-order valence-electron chi connectivity index (χ3n) is 4.18. The van der Waals surface area contributed by atoms with E-state index in [1.165, 1.54) is 23.9 Å². The minimum absolute atomic E-state index is 0.0579. The lowest BCUT2D eigenvalue weighted by Gasteiger charge is -2.43. The van der Waals surface area contributed by atoms with Gasteiger partial charge in [-0.15, -0.1) is 5.92 Å². The molecule has 0 aromatic heterocycles. The maximum atomic E-state index is 13.1. The highest BCUT2D eigenvalue weighted by molar-refractivity contribution is 8.00. The first-order valence-electron chi connectivity index (χ1n) is 8.42. The number of rotatable bonds is 5. The van der Waals surface area contributed by atoms with E-state index in [0.29, 0.717) is 11.5 Å². The standard InChI is InChI=1S/C18H24N2O5S2/c1-5-6-13(2)25-14-7-9-15(10-8-14)27(23,24)20-11-12-26-18(3,4)16(20)17(21)19-22/h7-10,13,16,22H,11-12H2,1-4H3,(H,19,21). The summed E-state index contributed by atoms with van der Waals surface area (Å²) in [6.45, 7) is 7.26. The second-order valence-electron chi connectivity index (χ2n) is 6.57. The number of thioether (sulfide) groups is 1. The van der Waals surface area contributed by atoms with Crippen LogP contribution in [0.5, 0.6) is 5.75 Å². The second-order valence-corrected chi connectivity index (χ2v) is 10.2. The number of hydrogen-bond donors (Lipinski definition) is 2. The lowest BCUT2D eigenvalue weighted by molar-refractivity contribution is -0.134. The smallest absolute Gasteiger partial charge is 0.263 e. The van der Waals surface area contributed by atoms with Gasteiger partial charge in [0.25, 0.3) is 5.91 Å². The lowest BCUT2D eigenvalue weighted by atomic mass is 10.0. The minimum Gasteiger partial charge on any atom is -0.478 e. The Labute approximate surface area is 164 Å². The van der Waals surface area contributed by atoms with Crippen molar-refractivity contribution in [3.8, 4) is 17.6 Å². The number of benzene rings is 1. The first-order chi connectivity index (χ1) is 12.6. The summed E-state index contributed by atoms with van der Waals surface area (Å²) in [4.78, 5) is 12.3. The van der Waals surface area contributed by atoms with E-state index in [1.54, 1.807) is 45.3 Å². The summed E-state index contributed by atoms with van der Waals surface area (Å²) < 4.78 is 32.3. The van der Waals surface area contributed by atoms with Crippen LogP contribution in [0.4, 0.5) is 0 Å². The molecule has 2 N–H and O–H groups in total. The van der Waals surface area contributed by atoms with E-state index < -0.39 is 26.7 Å². The highest BCUT2D eigenvalue weighted by Crippen LogP contribution is 2.38. The van der Waals surface area contributed by atoms with Crippen LogP contribution in [0.2, 0.25) is 0 Å². The Bertz CT molecular complexity index is 841. The van der Waals surface area contributed by atoms with E-state index in [2.05, 4.69) is 11.8 Å². The van der Waals surface area contributed by atoms with Gasteiger partial charge in [-0.05, 0) is 52.0 Å². The molecule has 7 nitrogen and oxygen atoms in total. The molecular weight excluding hydrogens is 388 g/mol. The summed E-state index contributed by atoms with van der Waals surface area (Å²) in [7, 11) is -3.93. The fourth-order valence-corrected chi connectivity index (χ4v) is 6.09. The average molecular weight is 413 g/mol. The fourth-order valence-electron chi connectivity index (χ4n) is 2.98. The highest BCUT2D eigenvalue weighted by atomic mass is 32.2. The molecule has 2 rings (SSSR count). The zero-order valence-corrected chi connectivity index (χ0v) is 17.4. The van der Waals surface area contributed by atoms with E-state index in [-0.39, 0.29) is 17.5 Å². The predicted molar refractivity (Wildman–Crippen MR) is 104 cm³/mol. The molecule has 148 valence electrons. The van der Waals surface area contributed by atoms with E-state index in [9.17, 15) is 13.2 Å². The molecule has 1 heterocycles. The largest absolute Gasteiger partial charge is 0.478 e. The molecule has 1 amide bonds. The summed E-state index contributed by atoms with van der Waals surface area (Å²) in [6.07, 6.45) is -0.310. The molecule has 0 aliphatic carbocycles. The van der Waals surface area contributed by atoms with E-state index in [1.807, 2.05) is 0 Å². The van der Waals surface area contributed by atoms with Crippen LogP contribution in [0.3, 0.4) is 0 Å². The molecule has 1 fully saturated rings. The van der Waals surface area contributed by atoms with Gasteiger partial charge >= 0.3 is 0 Å². The molecule has 0 spiro atoms. The highest BCUT2D eigenvalue weighted by Gasteiger charge is 2.48. The SMILES string of the molecule is CC#CC(C)Oc1ccc(S(=O)(=O)N2CCSC(C)(C)C2C(=O)NO)cc1. The van der Waals surface area contributed by atoms with Gasteiger partial charge in [-0.3, -0.25) is 10.0 Å². The van der Waals surface area contributed by atoms with Crippen LogP contribution < -0.4 is 10.2 Å². The molecule has 1 saturated heterocycles. The van der Waals surface area contributed by atoms with E-state index in [4.69, 9.17) is 9.94 Å². The fraction of sp³-hybridized carbons (Fsp3) is 0.500. The van der Waals surface area contributed by atoms with Crippen molar-refractivity contribution in [1.82, 2.24) is 9.79 Å². The number of hydrogen-bond acceptors (Lipinski definition) is 6. The van der Waals surface area contributed by atoms with Gasteiger partial charge in [0.1, 0.15) is 11.8 Å². The van der Waals surface area contributed by atoms with Crippen LogP contribution in [-0.4, -0.2) is 53.0 Å². The number of nitrogens with one attached hydrogen (secondary N) is 1. The van der Waals surface area contributed by atoms with Gasteiger partial charge in [-0.2, -0.15) is 16.1 Å². The molecule has 0 bridgehead atoms. The van der Waals surface area contributed by atoms with Gasteiger partial charge in [0, 0.05) is 17.0 Å². The van der Waals surface area contributed by atoms with Crippen molar-refractivity contribution in [3.63, 3.8) is 0 Å². The molecule has 27 heavy (non-hydrogen) atoms. The maximum Gasteiger partial charge on any atom is 0.263 e. The quantitative estimate of drug-likeness (QED) is 0.435. The van der Waals surface area contributed by atoms with E-state index in [0.717, 1.165) is 4.31 Å². The molecule has 1 aliphatic rings. The third kappa shape index (κ3) is 4.76. The number of ether oxygens (including phenoxy) is 1. The normalized spacial score (nSPS) is 20.9. The molecule has 2 atom stereocenters. The van der Waals surface area contributed by atoms with Crippen molar-refractivity contribution in [1.29, 1.82) is 0 Å². The van der Waals surface area contributed by atoms with Crippen LogP contribution in [0.25, 0.3) is 0 Å². The van der Waals surface area contributed by atoms with Crippen LogP contribution in [-0.2, 0) is 14.8 Å². The van der Waals surface area contributed by atoms with Crippen molar-refractivity contribution in [2.24, 2.45) is 0 Å². The number of carbonyl (C=O) groups is 1. The summed E-state index contributed by atoms with van der Waals surface area (Å²) in [5.74, 6) is 5.92. The predicted octanol–water partition coefficient (Wildman–Crippen LogP) is 1.87. The molecule has 0 saturated carbocycles. The van der Waals surface area contributed by atoms with Crippen molar-refractivity contribution in [2.75, 3.05) is 12.3 Å². The number of sulfonamides is 1. The van der Waals surface area contributed by atoms with Gasteiger partial charge < -0.3 is 4.74 Å². The van der Waals surface area contributed by atoms with Crippen LogP contribution in [0.15, 0.2) is 29.2 Å². The van der Waals surface area contributed by atoms with Gasteiger partial charge in [0.2, 0.25) is 10.0 Å². The maximum absolute atomic E-state index is 13.1. The zero-order chi connectivity index (χ0) is 20.2. The first-order valence-corrected chi connectivity index (χ1v) is 10.8. The molecule has 0 radical (unpaired) electrons. The topological polar surface area (TPSA) is 95.9 Å². The second kappa shape index (κ2) is 8.52. The minimum atomic E-state index is -3.93.